The fraction of sp³-hybridized carbons (Fsp3) is 0.459. The number of hydrogen-bond acceptors (Lipinski definition) is 5. The van der Waals surface area contributed by atoms with Crippen LogP contribution in [0.5, 0.6) is 11.5 Å². The maximum atomic E-state index is 13.9. The first-order chi connectivity index (χ1) is 21.6. The molecule has 0 aromatic heterocycles. The number of carbonyl (C=O) groups is 2. The van der Waals surface area contributed by atoms with Crippen molar-refractivity contribution in [2.75, 3.05) is 18.6 Å². The standard InChI is InChI=1S/C37H46ClN3O4/c1-6-23(3)45-34-22-32-28(20-33(34)44-5)21-35(42)41(36(32)26-8-14-29(38)15-9-26)31-18-12-25(13-19-31)24(4)40(7-2)37(43)27-10-16-30(39)17-11-27/h8-9,12-15,18-20,22-24,27,30,36H,6-7,10-11,16-17,21,39H2,1-5H3. The van der Waals surface area contributed by atoms with E-state index in [0.29, 0.717) is 23.1 Å². The number of benzene rings is 3. The SMILES string of the molecule is CCC(C)Oc1cc2c(cc1OC)CC(=O)N(c1ccc(C(C)N(CC)C(=O)C3CCC(N)CC3)cc1)C2c1ccc(Cl)cc1. The van der Waals surface area contributed by atoms with E-state index in [9.17, 15) is 9.59 Å². The van der Waals surface area contributed by atoms with Crippen LogP contribution in [0.2, 0.25) is 5.02 Å². The lowest BCUT2D eigenvalue weighted by atomic mass is 9.85. The lowest BCUT2D eigenvalue weighted by molar-refractivity contribution is -0.138. The van der Waals surface area contributed by atoms with E-state index in [1.165, 1.54) is 0 Å². The molecule has 1 aliphatic heterocycles. The number of ether oxygens (including phenoxy) is 2. The molecule has 0 radical (unpaired) electrons. The molecule has 2 N–H and O–H groups in total. The molecule has 0 saturated heterocycles. The van der Waals surface area contributed by atoms with E-state index < -0.39 is 6.04 Å². The average molecular weight is 632 g/mol. The van der Waals surface area contributed by atoms with Crippen molar-refractivity contribution in [2.45, 2.75) is 90.4 Å². The van der Waals surface area contributed by atoms with Gasteiger partial charge in [0.15, 0.2) is 11.5 Å². The van der Waals surface area contributed by atoms with E-state index in [2.05, 4.69) is 13.8 Å². The highest BCUT2D eigenvalue weighted by Crippen LogP contribution is 2.44. The zero-order valence-electron chi connectivity index (χ0n) is 27.1. The number of nitrogens with two attached hydrogens (primary N) is 1. The number of nitrogens with zero attached hydrogens (tertiary/aromatic N) is 2. The van der Waals surface area contributed by atoms with Gasteiger partial charge in [0.25, 0.3) is 0 Å². The smallest absolute Gasteiger partial charge is 0.232 e. The number of amides is 2. The van der Waals surface area contributed by atoms with Crippen LogP contribution in [0.15, 0.2) is 60.7 Å². The van der Waals surface area contributed by atoms with E-state index in [4.69, 9.17) is 26.8 Å². The number of anilines is 1. The quantitative estimate of drug-likeness (QED) is 0.249. The van der Waals surface area contributed by atoms with Gasteiger partial charge in [-0.05, 0) is 112 Å². The van der Waals surface area contributed by atoms with Gasteiger partial charge in [0, 0.05) is 29.2 Å². The summed E-state index contributed by atoms with van der Waals surface area (Å²) >= 11 is 6.28. The highest BCUT2D eigenvalue weighted by Gasteiger charge is 2.36. The van der Waals surface area contributed by atoms with Gasteiger partial charge in [0.05, 0.1) is 31.7 Å². The molecular formula is C37H46ClN3O4. The van der Waals surface area contributed by atoms with Crippen LogP contribution in [-0.4, -0.2) is 42.5 Å². The summed E-state index contributed by atoms with van der Waals surface area (Å²) in [6.07, 6.45) is 4.60. The topological polar surface area (TPSA) is 85.1 Å². The van der Waals surface area contributed by atoms with Crippen LogP contribution in [0.3, 0.4) is 0 Å². The van der Waals surface area contributed by atoms with Crippen molar-refractivity contribution in [3.63, 3.8) is 0 Å². The molecule has 8 heteroatoms. The highest BCUT2D eigenvalue weighted by atomic mass is 35.5. The van der Waals surface area contributed by atoms with E-state index >= 15 is 0 Å². The van der Waals surface area contributed by atoms with Gasteiger partial charge in [-0.25, -0.2) is 0 Å². The van der Waals surface area contributed by atoms with Crippen molar-refractivity contribution in [1.82, 2.24) is 4.90 Å². The molecule has 1 aliphatic carbocycles. The first kappa shape index (κ1) is 32.8. The second kappa shape index (κ2) is 14.3. The lowest BCUT2D eigenvalue weighted by Crippen LogP contribution is -2.41. The molecule has 3 atom stereocenters. The van der Waals surface area contributed by atoms with E-state index in [1.807, 2.05) is 84.3 Å². The Balaban J connectivity index is 1.49. The minimum absolute atomic E-state index is 0.00653. The van der Waals surface area contributed by atoms with Gasteiger partial charge in [-0.3, -0.25) is 9.59 Å². The van der Waals surface area contributed by atoms with Crippen molar-refractivity contribution in [3.05, 3.63) is 87.9 Å². The highest BCUT2D eigenvalue weighted by molar-refractivity contribution is 6.30. The zero-order chi connectivity index (χ0) is 32.2. The van der Waals surface area contributed by atoms with Crippen LogP contribution >= 0.6 is 11.6 Å². The monoisotopic (exact) mass is 631 g/mol. The molecular weight excluding hydrogens is 586 g/mol. The predicted octanol–water partition coefficient (Wildman–Crippen LogP) is 7.63. The normalized spacial score (nSPS) is 21.1. The number of carbonyl (C=O) groups excluding carboxylic acids is 2. The third-order valence-corrected chi connectivity index (χ3v) is 9.80. The minimum Gasteiger partial charge on any atom is -0.493 e. The Bertz CT molecular complexity index is 1480. The van der Waals surface area contributed by atoms with Gasteiger partial charge in [-0.2, -0.15) is 0 Å². The number of methoxy groups -OCH3 is 1. The van der Waals surface area contributed by atoms with Crippen molar-refractivity contribution in [1.29, 1.82) is 0 Å². The maximum absolute atomic E-state index is 13.9. The molecule has 2 amide bonds. The molecule has 0 spiro atoms. The molecule has 3 aromatic rings. The van der Waals surface area contributed by atoms with Gasteiger partial charge in [0.1, 0.15) is 0 Å². The van der Waals surface area contributed by atoms with Crippen molar-refractivity contribution < 1.29 is 19.1 Å². The summed E-state index contributed by atoms with van der Waals surface area (Å²) in [7, 11) is 1.62. The van der Waals surface area contributed by atoms with Crippen LogP contribution in [-0.2, 0) is 16.0 Å². The van der Waals surface area contributed by atoms with Crippen LogP contribution < -0.4 is 20.1 Å². The number of halogens is 1. The van der Waals surface area contributed by atoms with Crippen molar-refractivity contribution >= 4 is 29.1 Å². The maximum Gasteiger partial charge on any atom is 0.232 e. The third-order valence-electron chi connectivity index (χ3n) is 9.54. The first-order valence-electron chi connectivity index (χ1n) is 16.3. The third kappa shape index (κ3) is 7.00. The molecule has 1 heterocycles. The Morgan fingerprint density at radius 2 is 1.67 bits per heavy atom. The minimum atomic E-state index is -0.390. The second-order valence-electron chi connectivity index (χ2n) is 12.4. The van der Waals surface area contributed by atoms with Crippen molar-refractivity contribution in [2.24, 2.45) is 11.7 Å². The van der Waals surface area contributed by atoms with Crippen LogP contribution in [0.25, 0.3) is 0 Å². The van der Waals surface area contributed by atoms with Gasteiger partial charge in [0.2, 0.25) is 11.8 Å². The van der Waals surface area contributed by atoms with Gasteiger partial charge >= 0.3 is 0 Å². The molecule has 0 bridgehead atoms. The molecule has 2 aliphatic rings. The summed E-state index contributed by atoms with van der Waals surface area (Å²) in [4.78, 5) is 31.3. The Hall–Kier alpha value is -3.55. The number of fused-ring (bicyclic) bond motifs is 1. The summed E-state index contributed by atoms with van der Waals surface area (Å²) in [5.74, 6) is 1.51. The molecule has 3 unspecified atom stereocenters. The number of rotatable bonds is 10. The Kier molecular flexibility index (Phi) is 10.4. The van der Waals surface area contributed by atoms with E-state index in [1.54, 1.807) is 7.11 Å². The van der Waals surface area contributed by atoms with Crippen LogP contribution in [0.4, 0.5) is 5.69 Å². The van der Waals surface area contributed by atoms with Gasteiger partial charge in [-0.15, -0.1) is 0 Å². The van der Waals surface area contributed by atoms with Crippen LogP contribution in [0, 0.1) is 5.92 Å². The first-order valence-corrected chi connectivity index (χ1v) is 16.6. The lowest BCUT2D eigenvalue weighted by Gasteiger charge is -2.38. The summed E-state index contributed by atoms with van der Waals surface area (Å²) < 4.78 is 12.0. The summed E-state index contributed by atoms with van der Waals surface area (Å²) in [5, 5.41) is 0.632. The molecule has 45 heavy (non-hydrogen) atoms. The van der Waals surface area contributed by atoms with E-state index in [0.717, 1.165) is 60.0 Å². The largest absolute Gasteiger partial charge is 0.493 e. The fourth-order valence-electron chi connectivity index (χ4n) is 6.69. The number of hydrogen-bond donors (Lipinski definition) is 1. The molecule has 3 aromatic carbocycles. The average Bonchev–Trinajstić information content (AvgIpc) is 3.05. The molecule has 1 fully saturated rings. The molecule has 5 rings (SSSR count). The molecule has 240 valence electrons. The second-order valence-corrected chi connectivity index (χ2v) is 12.9. The summed E-state index contributed by atoms with van der Waals surface area (Å²) in [6.45, 7) is 8.86. The Labute approximate surface area is 272 Å². The fourth-order valence-corrected chi connectivity index (χ4v) is 6.82. The summed E-state index contributed by atoms with van der Waals surface area (Å²) in [6, 6.07) is 19.4. The van der Waals surface area contributed by atoms with Crippen LogP contribution in [0.1, 0.15) is 94.1 Å². The zero-order valence-corrected chi connectivity index (χ0v) is 27.8. The Morgan fingerprint density at radius 1 is 1.00 bits per heavy atom. The predicted molar refractivity (Wildman–Crippen MR) is 180 cm³/mol. The Morgan fingerprint density at radius 3 is 2.27 bits per heavy atom. The summed E-state index contributed by atoms with van der Waals surface area (Å²) in [5.41, 5.74) is 10.8. The van der Waals surface area contributed by atoms with Crippen molar-refractivity contribution in [3.8, 4) is 11.5 Å². The van der Waals surface area contributed by atoms with E-state index in [-0.39, 0.29) is 42.3 Å². The molecule has 1 saturated carbocycles. The van der Waals surface area contributed by atoms with Gasteiger partial charge in [-0.1, -0.05) is 42.8 Å². The molecule has 7 nitrogen and oxygen atoms in total. The van der Waals surface area contributed by atoms with Gasteiger partial charge < -0.3 is 25.0 Å².